The Morgan fingerprint density at radius 3 is 2.19 bits per heavy atom. The fourth-order valence-electron chi connectivity index (χ4n) is 3.11. The SMILES string of the molecule is CCNC(=O)C1O[C@H]1C(=O)N[C@@H](CC(C)C)C(=O)N[C@@H](Cc1ccc(O)cc1)C(N)=O. The van der Waals surface area contributed by atoms with Crippen molar-refractivity contribution in [3.8, 4) is 5.75 Å². The molecule has 1 aromatic rings. The maximum Gasteiger partial charge on any atom is 0.253 e. The van der Waals surface area contributed by atoms with Gasteiger partial charge in [-0.05, 0) is 37.0 Å². The summed E-state index contributed by atoms with van der Waals surface area (Å²) in [7, 11) is 0. The minimum atomic E-state index is -0.996. The fraction of sp³-hybridized carbons (Fsp3) is 0.524. The van der Waals surface area contributed by atoms with Gasteiger partial charge >= 0.3 is 0 Å². The van der Waals surface area contributed by atoms with Gasteiger partial charge in [0, 0.05) is 13.0 Å². The number of benzene rings is 1. The lowest BCUT2D eigenvalue weighted by molar-refractivity contribution is -0.132. The summed E-state index contributed by atoms with van der Waals surface area (Å²) in [4.78, 5) is 48.9. The maximum atomic E-state index is 12.8. The summed E-state index contributed by atoms with van der Waals surface area (Å²) in [5, 5.41) is 17.2. The van der Waals surface area contributed by atoms with E-state index in [9.17, 15) is 24.3 Å². The molecule has 0 aromatic heterocycles. The molecule has 1 aromatic carbocycles. The Balaban J connectivity index is 2.02. The molecule has 0 aliphatic carbocycles. The molecule has 6 N–H and O–H groups in total. The van der Waals surface area contributed by atoms with Gasteiger partial charge in [-0.1, -0.05) is 26.0 Å². The number of nitrogens with two attached hydrogens (primary N) is 1. The highest BCUT2D eigenvalue weighted by atomic mass is 16.6. The lowest BCUT2D eigenvalue weighted by Crippen LogP contribution is -2.54. The molecular weight excluding hydrogens is 404 g/mol. The number of epoxide rings is 1. The zero-order valence-corrected chi connectivity index (χ0v) is 17.9. The van der Waals surface area contributed by atoms with Gasteiger partial charge in [-0.2, -0.15) is 0 Å². The first kappa shape index (κ1) is 24.1. The Morgan fingerprint density at radius 2 is 1.65 bits per heavy atom. The number of hydrogen-bond donors (Lipinski definition) is 5. The van der Waals surface area contributed by atoms with Crippen molar-refractivity contribution in [2.24, 2.45) is 11.7 Å². The molecule has 1 fully saturated rings. The van der Waals surface area contributed by atoms with Crippen LogP contribution in [0.5, 0.6) is 5.75 Å². The highest BCUT2D eigenvalue weighted by Gasteiger charge is 2.50. The van der Waals surface area contributed by atoms with E-state index in [0.717, 1.165) is 0 Å². The van der Waals surface area contributed by atoms with Gasteiger partial charge in [0.15, 0.2) is 12.2 Å². The number of carbonyl (C=O) groups excluding carboxylic acids is 4. The molecule has 4 amide bonds. The number of carbonyl (C=O) groups is 4. The Morgan fingerprint density at radius 1 is 1.03 bits per heavy atom. The molecule has 170 valence electrons. The molecular formula is C21H30N4O6. The minimum absolute atomic E-state index is 0.0690. The zero-order chi connectivity index (χ0) is 23.1. The number of ether oxygens (including phenoxy) is 1. The van der Waals surface area contributed by atoms with Crippen LogP contribution in [-0.4, -0.2) is 59.6 Å². The second kappa shape index (κ2) is 10.8. The van der Waals surface area contributed by atoms with E-state index in [0.29, 0.717) is 18.5 Å². The fourth-order valence-corrected chi connectivity index (χ4v) is 3.11. The molecule has 10 nitrogen and oxygen atoms in total. The highest BCUT2D eigenvalue weighted by molar-refractivity contribution is 5.97. The van der Waals surface area contributed by atoms with Crippen molar-refractivity contribution in [2.45, 2.75) is 57.9 Å². The number of amides is 4. The topological polar surface area (TPSA) is 163 Å². The van der Waals surface area contributed by atoms with Crippen LogP contribution in [0.2, 0.25) is 0 Å². The van der Waals surface area contributed by atoms with E-state index >= 15 is 0 Å². The van der Waals surface area contributed by atoms with E-state index in [4.69, 9.17) is 10.5 Å². The van der Waals surface area contributed by atoms with Crippen molar-refractivity contribution < 1.29 is 29.0 Å². The quantitative estimate of drug-likeness (QED) is 0.290. The normalized spacial score (nSPS) is 19.2. The first-order valence-electron chi connectivity index (χ1n) is 10.2. The molecule has 31 heavy (non-hydrogen) atoms. The summed E-state index contributed by atoms with van der Waals surface area (Å²) in [6.07, 6.45) is -1.36. The monoisotopic (exact) mass is 434 g/mol. The van der Waals surface area contributed by atoms with Crippen molar-refractivity contribution in [2.75, 3.05) is 6.54 Å². The number of likely N-dealkylation sites (N-methyl/N-ethyl adjacent to an activating group) is 1. The molecule has 0 bridgehead atoms. The third-order valence-electron chi connectivity index (χ3n) is 4.74. The lowest BCUT2D eigenvalue weighted by Gasteiger charge is -2.23. The Bertz CT molecular complexity index is 811. The maximum absolute atomic E-state index is 12.8. The minimum Gasteiger partial charge on any atom is -0.508 e. The molecule has 0 spiro atoms. The second-order valence-electron chi connectivity index (χ2n) is 7.90. The highest BCUT2D eigenvalue weighted by Crippen LogP contribution is 2.23. The predicted molar refractivity (Wildman–Crippen MR) is 112 cm³/mol. The van der Waals surface area contributed by atoms with Gasteiger partial charge in [0.25, 0.3) is 11.8 Å². The van der Waals surface area contributed by atoms with Gasteiger partial charge in [0.05, 0.1) is 0 Å². The summed E-state index contributed by atoms with van der Waals surface area (Å²) < 4.78 is 5.14. The average molecular weight is 434 g/mol. The van der Waals surface area contributed by atoms with E-state index in [-0.39, 0.29) is 24.0 Å². The standard InChI is InChI=1S/C21H30N4O6/c1-4-23-20(29)16-17(31-16)21(30)25-15(9-11(2)3)19(28)24-14(18(22)27)10-12-5-7-13(26)8-6-12/h5-8,11,14-17,26H,4,9-10H2,1-3H3,(H2,22,27)(H,23,29)(H,24,28)(H,25,30)/t14-,15-,16?,17+/m0/s1. The summed E-state index contributed by atoms with van der Waals surface area (Å²) >= 11 is 0. The van der Waals surface area contributed by atoms with Gasteiger partial charge in [-0.25, -0.2) is 0 Å². The number of nitrogens with one attached hydrogen (secondary N) is 3. The molecule has 2 rings (SSSR count). The number of phenolic OH excluding ortho intramolecular Hbond substituents is 1. The largest absolute Gasteiger partial charge is 0.508 e. The van der Waals surface area contributed by atoms with Gasteiger partial charge in [-0.15, -0.1) is 0 Å². The molecule has 1 unspecified atom stereocenters. The van der Waals surface area contributed by atoms with Crippen molar-refractivity contribution in [3.05, 3.63) is 29.8 Å². The summed E-state index contributed by atoms with van der Waals surface area (Å²) in [5.74, 6) is -2.07. The van der Waals surface area contributed by atoms with E-state index in [1.807, 2.05) is 13.8 Å². The van der Waals surface area contributed by atoms with Crippen LogP contribution in [0.4, 0.5) is 0 Å². The third-order valence-corrected chi connectivity index (χ3v) is 4.74. The van der Waals surface area contributed by atoms with Gasteiger partial charge in [0.2, 0.25) is 11.8 Å². The van der Waals surface area contributed by atoms with Crippen LogP contribution in [0.25, 0.3) is 0 Å². The molecule has 1 aliphatic heterocycles. The van der Waals surface area contributed by atoms with E-state index in [2.05, 4.69) is 16.0 Å². The van der Waals surface area contributed by atoms with E-state index < -0.39 is 42.0 Å². The molecule has 1 saturated heterocycles. The first-order chi connectivity index (χ1) is 14.6. The van der Waals surface area contributed by atoms with Gasteiger partial charge in [0.1, 0.15) is 17.8 Å². The average Bonchev–Trinajstić information content (AvgIpc) is 3.49. The molecule has 1 heterocycles. The van der Waals surface area contributed by atoms with Crippen molar-refractivity contribution in [3.63, 3.8) is 0 Å². The van der Waals surface area contributed by atoms with Crippen molar-refractivity contribution in [1.29, 1.82) is 0 Å². The van der Waals surface area contributed by atoms with Crippen LogP contribution in [0, 0.1) is 5.92 Å². The van der Waals surface area contributed by atoms with Crippen LogP contribution in [-0.2, 0) is 30.3 Å². The molecule has 10 heteroatoms. The Hall–Kier alpha value is -3.14. The third kappa shape index (κ3) is 7.25. The molecule has 0 radical (unpaired) electrons. The summed E-state index contributed by atoms with van der Waals surface area (Å²) in [5.41, 5.74) is 6.15. The van der Waals surface area contributed by atoms with Crippen LogP contribution in [0.15, 0.2) is 24.3 Å². The predicted octanol–water partition coefficient (Wildman–Crippen LogP) is -0.661. The van der Waals surface area contributed by atoms with Crippen LogP contribution in [0.1, 0.15) is 32.8 Å². The van der Waals surface area contributed by atoms with E-state index in [1.54, 1.807) is 19.1 Å². The Kier molecular flexibility index (Phi) is 8.38. The number of aromatic hydroxyl groups is 1. The molecule has 1 aliphatic rings. The summed E-state index contributed by atoms with van der Waals surface area (Å²) in [6.45, 7) is 5.95. The molecule has 4 atom stereocenters. The zero-order valence-electron chi connectivity index (χ0n) is 17.9. The number of primary amides is 1. The van der Waals surface area contributed by atoms with Gasteiger partial charge in [-0.3, -0.25) is 19.2 Å². The number of phenols is 1. The Labute approximate surface area is 180 Å². The van der Waals surface area contributed by atoms with Crippen LogP contribution < -0.4 is 21.7 Å². The number of rotatable bonds is 11. The van der Waals surface area contributed by atoms with Crippen LogP contribution >= 0.6 is 0 Å². The molecule has 0 saturated carbocycles. The lowest BCUT2D eigenvalue weighted by atomic mass is 10.0. The van der Waals surface area contributed by atoms with Gasteiger partial charge < -0.3 is 31.5 Å². The van der Waals surface area contributed by atoms with Crippen molar-refractivity contribution in [1.82, 2.24) is 16.0 Å². The second-order valence-corrected chi connectivity index (χ2v) is 7.90. The number of hydrogen-bond acceptors (Lipinski definition) is 6. The summed E-state index contributed by atoms with van der Waals surface area (Å²) in [6, 6.07) is 4.26. The van der Waals surface area contributed by atoms with Crippen LogP contribution in [0.3, 0.4) is 0 Å². The smallest absolute Gasteiger partial charge is 0.253 e. The van der Waals surface area contributed by atoms with Crippen molar-refractivity contribution >= 4 is 23.6 Å². The van der Waals surface area contributed by atoms with E-state index in [1.165, 1.54) is 12.1 Å². The first-order valence-corrected chi connectivity index (χ1v) is 10.2.